The van der Waals surface area contributed by atoms with Crippen molar-refractivity contribution < 1.29 is 9.52 Å². The lowest BCUT2D eigenvalue weighted by Gasteiger charge is -2.37. The largest absolute Gasteiger partial charge is 0.443 e. The summed E-state index contributed by atoms with van der Waals surface area (Å²) in [6.45, 7) is 1.73. The number of aliphatic hydroxyl groups is 1. The second kappa shape index (κ2) is 3.82. The zero-order valence-electron chi connectivity index (χ0n) is 9.89. The van der Waals surface area contributed by atoms with Crippen LogP contribution in [0.4, 0.5) is 0 Å². The van der Waals surface area contributed by atoms with Crippen molar-refractivity contribution in [2.75, 3.05) is 20.1 Å². The van der Waals surface area contributed by atoms with Crippen LogP contribution in [0.3, 0.4) is 0 Å². The van der Waals surface area contributed by atoms with Crippen LogP contribution in [-0.4, -0.2) is 35.1 Å². The quantitative estimate of drug-likeness (QED) is 0.813. The zero-order chi connectivity index (χ0) is 11.9. The van der Waals surface area contributed by atoms with Crippen molar-refractivity contribution in [2.45, 2.75) is 18.4 Å². The molecule has 1 aromatic carbocycles. The van der Waals surface area contributed by atoms with Gasteiger partial charge < -0.3 is 14.4 Å². The summed E-state index contributed by atoms with van der Waals surface area (Å²) in [5.41, 5.74) is 1.76. The maximum Gasteiger partial charge on any atom is 0.181 e. The molecule has 4 nitrogen and oxygen atoms in total. The molecule has 17 heavy (non-hydrogen) atoms. The van der Waals surface area contributed by atoms with Crippen LogP contribution in [0.15, 0.2) is 29.0 Å². The minimum atomic E-state index is -0.750. The molecule has 2 heterocycles. The highest BCUT2D eigenvalue weighted by Gasteiger charge is 2.33. The average Bonchev–Trinajstić information content (AvgIpc) is 2.75. The number of benzene rings is 1. The highest BCUT2D eigenvalue weighted by atomic mass is 16.3. The molecule has 1 aromatic heterocycles. The topological polar surface area (TPSA) is 49.5 Å². The Morgan fingerprint density at radius 1 is 1.47 bits per heavy atom. The number of hydrogen-bond acceptors (Lipinski definition) is 4. The molecular weight excluding hydrogens is 216 g/mol. The lowest BCUT2D eigenvalue weighted by atomic mass is 9.86. The van der Waals surface area contributed by atoms with E-state index in [9.17, 15) is 5.11 Å². The van der Waals surface area contributed by atoms with Gasteiger partial charge in [0.15, 0.2) is 12.0 Å². The molecule has 0 bridgehead atoms. The fourth-order valence-electron chi connectivity index (χ4n) is 2.63. The van der Waals surface area contributed by atoms with Gasteiger partial charge in [-0.1, -0.05) is 6.07 Å². The number of fused-ring (bicyclic) bond motifs is 1. The van der Waals surface area contributed by atoms with E-state index in [0.717, 1.165) is 36.0 Å². The first kappa shape index (κ1) is 10.7. The third-order valence-corrected chi connectivity index (χ3v) is 3.53. The summed E-state index contributed by atoms with van der Waals surface area (Å²) in [6, 6.07) is 5.74. The van der Waals surface area contributed by atoms with Gasteiger partial charge in [0, 0.05) is 6.54 Å². The van der Waals surface area contributed by atoms with Crippen LogP contribution in [0.25, 0.3) is 11.1 Å². The fraction of sp³-hybridized carbons (Fsp3) is 0.462. The van der Waals surface area contributed by atoms with Gasteiger partial charge in [0.1, 0.15) is 11.1 Å². The Bertz CT molecular complexity index is 537. The molecule has 0 amide bonds. The van der Waals surface area contributed by atoms with E-state index < -0.39 is 5.60 Å². The molecular formula is C13H16N2O2. The van der Waals surface area contributed by atoms with Gasteiger partial charge >= 0.3 is 0 Å². The van der Waals surface area contributed by atoms with Crippen LogP contribution >= 0.6 is 0 Å². The summed E-state index contributed by atoms with van der Waals surface area (Å²) in [7, 11) is 2.04. The predicted octanol–water partition coefficient (Wildman–Crippen LogP) is 1.74. The summed E-state index contributed by atoms with van der Waals surface area (Å²) < 4.78 is 5.21. The molecule has 2 aromatic rings. The van der Waals surface area contributed by atoms with E-state index in [1.165, 1.54) is 6.39 Å². The first-order valence-corrected chi connectivity index (χ1v) is 5.92. The summed E-state index contributed by atoms with van der Waals surface area (Å²) in [5, 5.41) is 10.7. The van der Waals surface area contributed by atoms with Gasteiger partial charge in [-0.2, -0.15) is 0 Å². The molecule has 0 spiro atoms. The average molecular weight is 232 g/mol. The van der Waals surface area contributed by atoms with E-state index in [2.05, 4.69) is 9.88 Å². The van der Waals surface area contributed by atoms with E-state index in [-0.39, 0.29) is 0 Å². The number of rotatable bonds is 1. The molecule has 0 radical (unpaired) electrons. The van der Waals surface area contributed by atoms with Crippen molar-refractivity contribution in [3.05, 3.63) is 30.2 Å². The number of oxazole rings is 1. The third-order valence-electron chi connectivity index (χ3n) is 3.53. The molecule has 4 heteroatoms. The summed E-state index contributed by atoms with van der Waals surface area (Å²) in [4.78, 5) is 6.30. The van der Waals surface area contributed by atoms with Gasteiger partial charge in [-0.05, 0) is 44.1 Å². The molecule has 1 aliphatic heterocycles. The summed E-state index contributed by atoms with van der Waals surface area (Å²) >= 11 is 0. The van der Waals surface area contributed by atoms with E-state index in [4.69, 9.17) is 4.42 Å². The molecule has 0 aliphatic carbocycles. The minimum absolute atomic E-state index is 0.677. The second-order valence-electron chi connectivity index (χ2n) is 4.91. The molecule has 1 saturated heterocycles. The zero-order valence-corrected chi connectivity index (χ0v) is 9.89. The van der Waals surface area contributed by atoms with Gasteiger partial charge in [0.2, 0.25) is 0 Å². The van der Waals surface area contributed by atoms with Gasteiger partial charge in [-0.3, -0.25) is 0 Å². The Labute approximate surface area is 99.9 Å². The molecule has 1 unspecified atom stereocenters. The van der Waals surface area contributed by atoms with Crippen molar-refractivity contribution >= 4 is 11.1 Å². The van der Waals surface area contributed by atoms with Crippen molar-refractivity contribution in [2.24, 2.45) is 0 Å². The predicted molar refractivity (Wildman–Crippen MR) is 64.6 cm³/mol. The van der Waals surface area contributed by atoms with E-state index >= 15 is 0 Å². The maximum atomic E-state index is 10.7. The van der Waals surface area contributed by atoms with Gasteiger partial charge in [0.05, 0.1) is 0 Å². The first-order valence-electron chi connectivity index (χ1n) is 5.92. The van der Waals surface area contributed by atoms with E-state index in [1.54, 1.807) is 0 Å². The Kier molecular flexibility index (Phi) is 2.42. The normalized spacial score (nSPS) is 26.5. The van der Waals surface area contributed by atoms with Crippen LogP contribution < -0.4 is 0 Å². The van der Waals surface area contributed by atoms with Crippen molar-refractivity contribution in [1.29, 1.82) is 0 Å². The number of hydrogen-bond donors (Lipinski definition) is 1. The molecule has 1 N–H and O–H groups in total. The lowest BCUT2D eigenvalue weighted by molar-refractivity contribution is -0.0276. The van der Waals surface area contributed by atoms with Crippen LogP contribution in [0.1, 0.15) is 18.4 Å². The standard InChI is InChI=1S/C13H16N2O2/c1-15-6-2-5-13(16,8-15)10-3-4-12-11(7-10)14-9-17-12/h3-4,7,9,16H,2,5-6,8H2,1H3. The number of nitrogens with zero attached hydrogens (tertiary/aromatic N) is 2. The number of aromatic nitrogens is 1. The highest BCUT2D eigenvalue weighted by molar-refractivity contribution is 5.73. The van der Waals surface area contributed by atoms with Crippen molar-refractivity contribution in [3.63, 3.8) is 0 Å². The van der Waals surface area contributed by atoms with Crippen LogP contribution in [0.5, 0.6) is 0 Å². The van der Waals surface area contributed by atoms with E-state index in [0.29, 0.717) is 6.54 Å². The highest BCUT2D eigenvalue weighted by Crippen LogP contribution is 2.32. The molecule has 0 saturated carbocycles. The minimum Gasteiger partial charge on any atom is -0.443 e. The van der Waals surface area contributed by atoms with Gasteiger partial charge in [-0.25, -0.2) is 4.98 Å². The Hall–Kier alpha value is -1.39. The molecule has 1 aliphatic rings. The van der Waals surface area contributed by atoms with E-state index in [1.807, 2.05) is 25.2 Å². The molecule has 1 atom stereocenters. The van der Waals surface area contributed by atoms with Gasteiger partial charge in [0.25, 0.3) is 0 Å². The Morgan fingerprint density at radius 3 is 3.18 bits per heavy atom. The Balaban J connectivity index is 2.01. The lowest BCUT2D eigenvalue weighted by Crippen LogP contribution is -2.44. The molecule has 1 fully saturated rings. The van der Waals surface area contributed by atoms with Crippen molar-refractivity contribution in [1.82, 2.24) is 9.88 Å². The first-order chi connectivity index (χ1) is 8.17. The SMILES string of the molecule is CN1CCCC(O)(c2ccc3ocnc3c2)C1. The van der Waals surface area contributed by atoms with Gasteiger partial charge in [-0.15, -0.1) is 0 Å². The summed E-state index contributed by atoms with van der Waals surface area (Å²) in [5.74, 6) is 0. The van der Waals surface area contributed by atoms with Crippen LogP contribution in [0, 0.1) is 0 Å². The number of piperidine rings is 1. The number of β-amino-alcohol motifs (C(OH)–C–C–N with tert-alkyl or cyclic N) is 1. The fourth-order valence-corrected chi connectivity index (χ4v) is 2.63. The monoisotopic (exact) mass is 232 g/mol. The molecule has 90 valence electrons. The van der Waals surface area contributed by atoms with Crippen LogP contribution in [0.2, 0.25) is 0 Å². The summed E-state index contributed by atoms with van der Waals surface area (Å²) in [6.07, 6.45) is 3.26. The molecule has 3 rings (SSSR count). The van der Waals surface area contributed by atoms with Crippen LogP contribution in [-0.2, 0) is 5.60 Å². The van der Waals surface area contributed by atoms with Crippen molar-refractivity contribution in [3.8, 4) is 0 Å². The number of likely N-dealkylation sites (N-methyl/N-ethyl adjacent to an activating group) is 1. The maximum absolute atomic E-state index is 10.7. The number of likely N-dealkylation sites (tertiary alicyclic amines) is 1. The second-order valence-corrected chi connectivity index (χ2v) is 4.91. The third kappa shape index (κ3) is 1.83. The smallest absolute Gasteiger partial charge is 0.181 e. The Morgan fingerprint density at radius 2 is 2.35 bits per heavy atom.